The first kappa shape index (κ1) is 24.3. The summed E-state index contributed by atoms with van der Waals surface area (Å²) < 4.78 is 26.8. The van der Waals surface area contributed by atoms with Gasteiger partial charge in [-0.05, 0) is 56.2 Å². The second-order valence-electron chi connectivity index (χ2n) is 9.07. The molecule has 0 bridgehead atoms. The first-order chi connectivity index (χ1) is 16.7. The Kier molecular flexibility index (Phi) is 6.79. The Hall–Kier alpha value is -3.86. The summed E-state index contributed by atoms with van der Waals surface area (Å²) in [5.74, 6) is 0.284. The van der Waals surface area contributed by atoms with Gasteiger partial charge in [-0.2, -0.15) is 10.4 Å². The number of nitrogens with zero attached hydrogens (tertiary/aromatic N) is 4. The molecule has 1 aromatic heterocycles. The highest BCUT2D eigenvalue weighted by Gasteiger charge is 2.32. The van der Waals surface area contributed by atoms with Crippen LogP contribution in [0.5, 0.6) is 11.5 Å². The van der Waals surface area contributed by atoms with Gasteiger partial charge >= 0.3 is 0 Å². The predicted molar refractivity (Wildman–Crippen MR) is 129 cm³/mol. The van der Waals surface area contributed by atoms with Gasteiger partial charge in [-0.25, -0.2) is 9.07 Å². The molecule has 2 aromatic carbocycles. The summed E-state index contributed by atoms with van der Waals surface area (Å²) >= 11 is 0. The number of carbonyl (C=O) groups excluding carboxylic acids is 1. The van der Waals surface area contributed by atoms with Crippen molar-refractivity contribution in [1.29, 1.82) is 5.26 Å². The van der Waals surface area contributed by atoms with Crippen molar-refractivity contribution in [2.45, 2.75) is 46.8 Å². The highest BCUT2D eigenvalue weighted by atomic mass is 19.1. The number of nitriles is 1. The van der Waals surface area contributed by atoms with Gasteiger partial charge in [0.1, 0.15) is 23.2 Å². The largest absolute Gasteiger partial charge is 0.494 e. The molecular weight excluding hydrogens is 447 g/mol. The topological polar surface area (TPSA) is 80.4 Å². The molecule has 1 aliphatic heterocycles. The van der Waals surface area contributed by atoms with Crippen LogP contribution in [0, 0.1) is 30.0 Å². The number of fused-ring (bicyclic) bond motifs is 1. The number of hydrogen-bond acceptors (Lipinski definition) is 5. The Bertz CT molecular complexity index is 1290. The van der Waals surface area contributed by atoms with Crippen molar-refractivity contribution in [3.05, 3.63) is 70.3 Å². The van der Waals surface area contributed by atoms with Crippen LogP contribution < -0.4 is 9.47 Å². The summed E-state index contributed by atoms with van der Waals surface area (Å²) in [5, 5.41) is 14.3. The van der Waals surface area contributed by atoms with Crippen LogP contribution >= 0.6 is 0 Å². The van der Waals surface area contributed by atoms with Crippen molar-refractivity contribution >= 4 is 5.91 Å². The Labute approximate surface area is 204 Å². The molecule has 2 heterocycles. The van der Waals surface area contributed by atoms with Gasteiger partial charge in [-0.15, -0.1) is 0 Å². The molecule has 0 N–H and O–H groups in total. The highest BCUT2D eigenvalue weighted by Crippen LogP contribution is 2.36. The average Bonchev–Trinajstić information content (AvgIpc) is 3.19. The fourth-order valence-corrected chi connectivity index (χ4v) is 4.18. The van der Waals surface area contributed by atoms with Gasteiger partial charge < -0.3 is 14.4 Å². The zero-order valence-corrected chi connectivity index (χ0v) is 20.6. The molecule has 0 saturated heterocycles. The summed E-state index contributed by atoms with van der Waals surface area (Å²) in [7, 11) is 1.45. The molecule has 1 aliphatic rings. The van der Waals surface area contributed by atoms with Crippen LogP contribution in [-0.4, -0.2) is 40.3 Å². The van der Waals surface area contributed by atoms with Gasteiger partial charge in [-0.1, -0.05) is 13.8 Å². The van der Waals surface area contributed by atoms with Gasteiger partial charge in [0.05, 0.1) is 30.2 Å². The summed E-state index contributed by atoms with van der Waals surface area (Å²) in [6, 6.07) is 11.6. The number of hydrogen-bond donors (Lipinski definition) is 0. The number of carbonyl (C=O) groups is 1. The Morgan fingerprint density at radius 1 is 1.17 bits per heavy atom. The highest BCUT2D eigenvalue weighted by molar-refractivity contribution is 6.00. The molecule has 35 heavy (non-hydrogen) atoms. The van der Waals surface area contributed by atoms with E-state index >= 15 is 0 Å². The quantitative estimate of drug-likeness (QED) is 0.510. The molecule has 0 fully saturated rings. The lowest BCUT2D eigenvalue weighted by Crippen LogP contribution is -2.36. The fraction of sp³-hybridized carbons (Fsp3) is 0.370. The zero-order valence-electron chi connectivity index (χ0n) is 20.6. The number of rotatable bonds is 6. The maximum absolute atomic E-state index is 13.8. The van der Waals surface area contributed by atoms with Gasteiger partial charge in [0.15, 0.2) is 5.75 Å². The minimum absolute atomic E-state index is 0.136. The zero-order chi connectivity index (χ0) is 25.3. The summed E-state index contributed by atoms with van der Waals surface area (Å²) in [5.41, 5.74) is 4.06. The maximum Gasteiger partial charge on any atom is 0.261 e. The van der Waals surface area contributed by atoms with Crippen LogP contribution in [0.2, 0.25) is 0 Å². The maximum atomic E-state index is 13.8. The van der Waals surface area contributed by atoms with Crippen molar-refractivity contribution < 1.29 is 18.7 Å². The monoisotopic (exact) mass is 476 g/mol. The van der Waals surface area contributed by atoms with Crippen molar-refractivity contribution in [3.63, 3.8) is 0 Å². The lowest BCUT2D eigenvalue weighted by atomic mass is 10.0. The van der Waals surface area contributed by atoms with E-state index < -0.39 is 0 Å². The molecule has 3 aromatic rings. The van der Waals surface area contributed by atoms with Crippen LogP contribution in [0.15, 0.2) is 36.4 Å². The lowest BCUT2D eigenvalue weighted by molar-refractivity contribution is 0.0720. The molecule has 182 valence electrons. The van der Waals surface area contributed by atoms with Crippen molar-refractivity contribution in [2.24, 2.45) is 5.92 Å². The van der Waals surface area contributed by atoms with E-state index in [-0.39, 0.29) is 40.6 Å². The third kappa shape index (κ3) is 4.59. The smallest absolute Gasteiger partial charge is 0.261 e. The summed E-state index contributed by atoms with van der Waals surface area (Å²) in [4.78, 5) is 15.6. The number of halogens is 1. The first-order valence-electron chi connectivity index (χ1n) is 11.7. The molecule has 0 spiro atoms. The predicted octanol–water partition coefficient (Wildman–Crippen LogP) is 4.82. The standard InChI is InChI=1S/C27H29FN4O3/c1-16(2)18(4)35-24-11-6-19(14-29)26(34-5)25(24)27(33)31-13-12-23-22(15-31)17(3)32(30-23)21-9-7-20(28)8-10-21/h6-11,16,18H,12-13,15H2,1-5H3. The number of aromatic nitrogens is 2. The van der Waals surface area contributed by atoms with Crippen molar-refractivity contribution in [3.8, 4) is 23.3 Å². The van der Waals surface area contributed by atoms with E-state index in [1.807, 2.05) is 27.7 Å². The minimum Gasteiger partial charge on any atom is -0.494 e. The van der Waals surface area contributed by atoms with Gasteiger partial charge in [0.25, 0.3) is 5.91 Å². The van der Waals surface area contributed by atoms with E-state index in [4.69, 9.17) is 14.6 Å². The minimum atomic E-state index is -0.307. The Balaban J connectivity index is 1.70. The van der Waals surface area contributed by atoms with E-state index in [1.54, 1.807) is 33.8 Å². The third-order valence-corrected chi connectivity index (χ3v) is 6.56. The first-order valence-corrected chi connectivity index (χ1v) is 11.7. The number of methoxy groups -OCH3 is 1. The van der Waals surface area contributed by atoms with E-state index in [2.05, 4.69) is 6.07 Å². The van der Waals surface area contributed by atoms with E-state index in [0.29, 0.717) is 25.3 Å². The molecule has 7 nitrogen and oxygen atoms in total. The second kappa shape index (κ2) is 9.79. The normalized spacial score (nSPS) is 13.8. The number of benzene rings is 2. The van der Waals surface area contributed by atoms with Crippen LogP contribution in [0.4, 0.5) is 4.39 Å². The molecular formula is C27H29FN4O3. The third-order valence-electron chi connectivity index (χ3n) is 6.56. The van der Waals surface area contributed by atoms with Gasteiger partial charge in [0, 0.05) is 30.8 Å². The number of amides is 1. The second-order valence-corrected chi connectivity index (χ2v) is 9.07. The SMILES string of the molecule is COc1c(C#N)ccc(OC(C)C(C)C)c1C(=O)N1CCc2nn(-c3ccc(F)cc3)c(C)c2C1. The Morgan fingerprint density at radius 2 is 1.89 bits per heavy atom. The van der Waals surface area contributed by atoms with E-state index in [1.165, 1.54) is 19.2 Å². The molecule has 0 radical (unpaired) electrons. The van der Waals surface area contributed by atoms with Crippen molar-refractivity contribution in [2.75, 3.05) is 13.7 Å². The summed E-state index contributed by atoms with van der Waals surface area (Å²) in [6.07, 6.45) is 0.443. The Morgan fingerprint density at radius 3 is 2.51 bits per heavy atom. The molecule has 0 aliphatic carbocycles. The molecule has 4 rings (SSSR count). The van der Waals surface area contributed by atoms with Crippen LogP contribution in [0.25, 0.3) is 5.69 Å². The van der Waals surface area contributed by atoms with Crippen molar-refractivity contribution in [1.82, 2.24) is 14.7 Å². The molecule has 1 amide bonds. The molecule has 0 saturated carbocycles. The van der Waals surface area contributed by atoms with Crippen LogP contribution in [-0.2, 0) is 13.0 Å². The lowest BCUT2D eigenvalue weighted by Gasteiger charge is -2.29. The molecule has 8 heteroatoms. The van der Waals surface area contributed by atoms with E-state index in [9.17, 15) is 14.4 Å². The number of ether oxygens (including phenoxy) is 2. The van der Waals surface area contributed by atoms with Gasteiger partial charge in [0.2, 0.25) is 0 Å². The average molecular weight is 477 g/mol. The molecule has 1 atom stereocenters. The fourth-order valence-electron chi connectivity index (χ4n) is 4.18. The van der Waals surface area contributed by atoms with E-state index in [0.717, 1.165) is 22.6 Å². The molecule has 1 unspecified atom stereocenters. The van der Waals surface area contributed by atoms with Gasteiger partial charge in [-0.3, -0.25) is 4.79 Å². The van der Waals surface area contributed by atoms with Crippen LogP contribution in [0.3, 0.4) is 0 Å². The summed E-state index contributed by atoms with van der Waals surface area (Å²) in [6.45, 7) is 8.80. The van der Waals surface area contributed by atoms with Crippen LogP contribution in [0.1, 0.15) is 53.6 Å².